The Morgan fingerprint density at radius 2 is 1.91 bits per heavy atom. The maximum absolute atomic E-state index is 12.6. The Balaban J connectivity index is 1.22. The minimum Gasteiger partial charge on any atom is -0.489 e. The second-order valence-corrected chi connectivity index (χ2v) is 7.60. The van der Waals surface area contributed by atoms with Crippen molar-refractivity contribution in [3.8, 4) is 11.6 Å². The van der Waals surface area contributed by atoms with Gasteiger partial charge in [-0.25, -0.2) is 10.1 Å². The Hall–Kier alpha value is -5.06. The Kier molecular flexibility index (Phi) is 5.87. The number of nitrogen functional groups attached to an aromatic ring is 1. The number of hydrazone groups is 1. The Morgan fingerprint density at radius 3 is 2.71 bits per heavy atom. The lowest BCUT2D eigenvalue weighted by Gasteiger charge is -2.09. The van der Waals surface area contributed by atoms with Gasteiger partial charge in [-0.3, -0.25) is 4.79 Å². The monoisotopic (exact) mass is 468 g/mol. The number of amides is 1. The van der Waals surface area contributed by atoms with Gasteiger partial charge in [0.25, 0.3) is 5.91 Å². The van der Waals surface area contributed by atoms with Crippen molar-refractivity contribution in [3.05, 3.63) is 89.2 Å². The molecule has 2 aromatic heterocycles. The molecule has 0 spiro atoms. The van der Waals surface area contributed by atoms with Gasteiger partial charge in [0.15, 0.2) is 5.69 Å². The molecule has 11 heteroatoms. The van der Waals surface area contributed by atoms with Crippen molar-refractivity contribution in [1.29, 1.82) is 0 Å². The predicted molar refractivity (Wildman–Crippen MR) is 128 cm³/mol. The van der Waals surface area contributed by atoms with Crippen LogP contribution >= 0.6 is 0 Å². The average molecular weight is 468 g/mol. The molecule has 2 heterocycles. The number of aromatic nitrogens is 5. The van der Waals surface area contributed by atoms with Gasteiger partial charge in [0.2, 0.25) is 11.6 Å². The van der Waals surface area contributed by atoms with Crippen molar-refractivity contribution in [1.82, 2.24) is 30.7 Å². The van der Waals surface area contributed by atoms with E-state index < -0.39 is 5.91 Å². The topological polar surface area (TPSA) is 146 Å². The third-order valence-corrected chi connectivity index (χ3v) is 5.28. The first kappa shape index (κ1) is 21.8. The zero-order valence-corrected chi connectivity index (χ0v) is 18.6. The Morgan fingerprint density at radius 1 is 1.11 bits per heavy atom. The van der Waals surface area contributed by atoms with E-state index in [0.29, 0.717) is 12.3 Å². The van der Waals surface area contributed by atoms with Crippen LogP contribution in [0.15, 0.2) is 76.5 Å². The van der Waals surface area contributed by atoms with E-state index >= 15 is 0 Å². The van der Waals surface area contributed by atoms with Gasteiger partial charge >= 0.3 is 0 Å². The second-order valence-electron chi connectivity index (χ2n) is 7.60. The molecule has 0 radical (unpaired) electrons. The quantitative estimate of drug-likeness (QED) is 0.274. The highest BCUT2D eigenvalue weighted by atomic mass is 16.6. The molecule has 5 aromatic rings. The molecule has 0 aliphatic rings. The maximum atomic E-state index is 12.6. The first-order valence-corrected chi connectivity index (χ1v) is 10.6. The van der Waals surface area contributed by atoms with Crippen molar-refractivity contribution in [2.24, 2.45) is 5.10 Å². The molecule has 0 saturated carbocycles. The molecule has 0 aliphatic heterocycles. The molecule has 5 rings (SSSR count). The van der Waals surface area contributed by atoms with Crippen LogP contribution in [-0.2, 0) is 6.61 Å². The van der Waals surface area contributed by atoms with Gasteiger partial charge in [-0.1, -0.05) is 47.7 Å². The van der Waals surface area contributed by atoms with Crippen LogP contribution in [0.25, 0.3) is 16.6 Å². The molecular formula is C24H20N8O3. The fraction of sp³-hybridized carbons (Fsp3) is 0.0833. The smallest absolute Gasteiger partial charge is 0.292 e. The summed E-state index contributed by atoms with van der Waals surface area (Å²) in [7, 11) is 0. The largest absolute Gasteiger partial charge is 0.489 e. The number of hydrogen-bond acceptors (Lipinski definition) is 9. The molecule has 35 heavy (non-hydrogen) atoms. The number of rotatable bonds is 7. The molecular weight excluding hydrogens is 448 g/mol. The molecule has 0 aliphatic carbocycles. The number of hydrogen-bond donors (Lipinski definition) is 2. The van der Waals surface area contributed by atoms with Crippen molar-refractivity contribution in [3.63, 3.8) is 0 Å². The summed E-state index contributed by atoms with van der Waals surface area (Å²) >= 11 is 0. The van der Waals surface area contributed by atoms with Gasteiger partial charge in [0.05, 0.1) is 11.9 Å². The fourth-order valence-corrected chi connectivity index (χ4v) is 3.55. The summed E-state index contributed by atoms with van der Waals surface area (Å²) in [6.07, 6.45) is 1.52. The minimum atomic E-state index is -0.541. The van der Waals surface area contributed by atoms with Crippen LogP contribution in [0.2, 0.25) is 0 Å². The summed E-state index contributed by atoms with van der Waals surface area (Å²) in [6, 6.07) is 21.7. The number of carbonyl (C=O) groups excluding carboxylic acids is 1. The van der Waals surface area contributed by atoms with E-state index in [2.05, 4.69) is 60.0 Å². The Bertz CT molecular complexity index is 1520. The fourth-order valence-electron chi connectivity index (χ4n) is 3.55. The van der Waals surface area contributed by atoms with Crippen molar-refractivity contribution in [2.75, 3.05) is 5.73 Å². The minimum absolute atomic E-state index is 0.0183. The summed E-state index contributed by atoms with van der Waals surface area (Å²) < 4.78 is 11.7. The molecule has 3 N–H and O–H groups in total. The molecule has 0 bridgehead atoms. The normalized spacial score (nSPS) is 11.2. The van der Waals surface area contributed by atoms with Crippen LogP contribution in [0.4, 0.5) is 5.82 Å². The van der Waals surface area contributed by atoms with Crippen molar-refractivity contribution < 1.29 is 14.2 Å². The van der Waals surface area contributed by atoms with Crippen LogP contribution in [0.3, 0.4) is 0 Å². The molecule has 1 amide bonds. The van der Waals surface area contributed by atoms with Crippen molar-refractivity contribution >= 4 is 28.7 Å². The number of fused-ring (bicyclic) bond motifs is 1. The number of nitrogens with two attached hydrogens (primary N) is 1. The second kappa shape index (κ2) is 9.43. The highest BCUT2D eigenvalue weighted by Gasteiger charge is 2.22. The molecule has 3 aromatic carbocycles. The lowest BCUT2D eigenvalue weighted by Crippen LogP contribution is -2.22. The van der Waals surface area contributed by atoms with Gasteiger partial charge in [-0.05, 0) is 63.4 Å². The van der Waals surface area contributed by atoms with E-state index in [4.69, 9.17) is 10.5 Å². The lowest BCUT2D eigenvalue weighted by molar-refractivity contribution is 0.0946. The predicted octanol–water partition coefficient (Wildman–Crippen LogP) is 3.04. The first-order chi connectivity index (χ1) is 17.1. The first-order valence-electron chi connectivity index (χ1n) is 10.6. The van der Waals surface area contributed by atoms with E-state index in [1.54, 1.807) is 6.92 Å². The molecule has 0 fully saturated rings. The summed E-state index contributed by atoms with van der Waals surface area (Å²) in [6.45, 7) is 2.08. The van der Waals surface area contributed by atoms with E-state index in [0.717, 1.165) is 21.6 Å². The number of benzene rings is 3. The van der Waals surface area contributed by atoms with Gasteiger partial charge in [0, 0.05) is 0 Å². The zero-order chi connectivity index (χ0) is 24.2. The number of nitrogens with zero attached hydrogens (tertiary/aromatic N) is 6. The van der Waals surface area contributed by atoms with Crippen LogP contribution < -0.4 is 15.9 Å². The summed E-state index contributed by atoms with van der Waals surface area (Å²) in [5.41, 5.74) is 10.5. The Labute approximate surface area is 199 Å². The number of carbonyl (C=O) groups is 1. The van der Waals surface area contributed by atoms with Crippen LogP contribution in [0, 0.1) is 6.92 Å². The number of nitrogens with one attached hydrogen (secondary N) is 1. The third-order valence-electron chi connectivity index (χ3n) is 5.28. The van der Waals surface area contributed by atoms with E-state index in [1.165, 1.54) is 17.0 Å². The van der Waals surface area contributed by atoms with Gasteiger partial charge in [-0.2, -0.15) is 9.78 Å². The van der Waals surface area contributed by atoms with Crippen LogP contribution in [0.5, 0.6) is 5.75 Å². The van der Waals surface area contributed by atoms with Crippen LogP contribution in [0.1, 0.15) is 27.3 Å². The summed E-state index contributed by atoms with van der Waals surface area (Å²) in [5.74, 6) is 0.235. The molecule has 174 valence electrons. The summed E-state index contributed by atoms with van der Waals surface area (Å²) in [4.78, 5) is 12.6. The van der Waals surface area contributed by atoms with Crippen LogP contribution in [-0.4, -0.2) is 37.4 Å². The maximum Gasteiger partial charge on any atom is 0.292 e. The molecule has 0 unspecified atom stereocenters. The van der Waals surface area contributed by atoms with E-state index in [9.17, 15) is 4.79 Å². The van der Waals surface area contributed by atoms with E-state index in [-0.39, 0.29) is 17.3 Å². The van der Waals surface area contributed by atoms with Gasteiger partial charge < -0.3 is 10.5 Å². The standard InChI is InChI=1S/C24H20N8O3/c1-15-21(32(31-27-15)23-22(25)29-35-30-23)24(33)28-26-13-16-9-11-19(12-10-16)34-14-18-7-4-6-17-5-2-3-8-20(17)18/h2-13H,14H2,1H3,(H2,25,29)(H,28,33)/b26-13+. The zero-order valence-electron chi connectivity index (χ0n) is 18.6. The van der Waals surface area contributed by atoms with Crippen molar-refractivity contribution in [2.45, 2.75) is 13.5 Å². The molecule has 11 nitrogen and oxygen atoms in total. The number of ether oxygens (including phenoxy) is 1. The van der Waals surface area contributed by atoms with Gasteiger partial charge in [0.1, 0.15) is 12.4 Å². The number of anilines is 1. The van der Waals surface area contributed by atoms with E-state index in [1.807, 2.05) is 42.5 Å². The highest BCUT2D eigenvalue weighted by molar-refractivity contribution is 5.94. The molecule has 0 saturated heterocycles. The average Bonchev–Trinajstić information content (AvgIpc) is 3.48. The van der Waals surface area contributed by atoms with Gasteiger partial charge in [-0.15, -0.1) is 5.10 Å². The summed E-state index contributed by atoms with van der Waals surface area (Å²) in [5, 5.41) is 21.3. The number of aryl methyl sites for hydroxylation is 1. The molecule has 0 atom stereocenters. The SMILES string of the molecule is Cc1nnn(-c2nonc2N)c1C(=O)N/N=C/c1ccc(OCc2cccc3ccccc23)cc1. The third kappa shape index (κ3) is 4.55. The lowest BCUT2D eigenvalue weighted by atomic mass is 10.1. The highest BCUT2D eigenvalue weighted by Crippen LogP contribution is 2.21.